The summed E-state index contributed by atoms with van der Waals surface area (Å²) in [6.45, 7) is 0.514. The molecule has 0 bridgehead atoms. The second kappa shape index (κ2) is 6.04. The van der Waals surface area contributed by atoms with Gasteiger partial charge in [-0.3, -0.25) is 0 Å². The first-order valence-electron chi connectivity index (χ1n) is 5.66. The van der Waals surface area contributed by atoms with Crippen molar-refractivity contribution in [3.05, 3.63) is 63.6 Å². The standard InChI is InChI=1S/C15H10BrN3/c16-14-5-6-15(13(7-14)9-18)19-10-12-4-2-1-3-11(12)8-17/h1-7,19H,10H2. The Kier molecular flexibility index (Phi) is 4.18. The van der Waals surface area contributed by atoms with E-state index >= 15 is 0 Å². The van der Waals surface area contributed by atoms with Crippen LogP contribution >= 0.6 is 15.9 Å². The Morgan fingerprint density at radius 1 is 1.00 bits per heavy atom. The molecule has 0 saturated heterocycles. The van der Waals surface area contributed by atoms with Gasteiger partial charge in [-0.25, -0.2) is 0 Å². The Bertz CT molecular complexity index is 681. The Balaban J connectivity index is 2.20. The van der Waals surface area contributed by atoms with Crippen LogP contribution in [-0.4, -0.2) is 0 Å². The summed E-state index contributed by atoms with van der Waals surface area (Å²) in [5.74, 6) is 0. The first-order chi connectivity index (χ1) is 9.24. The minimum atomic E-state index is 0.514. The highest BCUT2D eigenvalue weighted by Crippen LogP contribution is 2.21. The first-order valence-corrected chi connectivity index (χ1v) is 6.45. The zero-order valence-electron chi connectivity index (χ0n) is 10.0. The summed E-state index contributed by atoms with van der Waals surface area (Å²) in [6.07, 6.45) is 0. The Hall–Kier alpha value is -2.30. The van der Waals surface area contributed by atoms with Crippen molar-refractivity contribution in [3.63, 3.8) is 0 Å². The molecule has 2 aromatic rings. The molecule has 0 spiro atoms. The van der Waals surface area contributed by atoms with E-state index in [4.69, 9.17) is 10.5 Å². The van der Waals surface area contributed by atoms with Crippen LogP contribution in [0.5, 0.6) is 0 Å². The van der Waals surface area contributed by atoms with Gasteiger partial charge in [0.15, 0.2) is 0 Å². The maximum absolute atomic E-state index is 9.08. The monoisotopic (exact) mass is 311 g/mol. The molecule has 0 unspecified atom stereocenters. The van der Waals surface area contributed by atoms with Gasteiger partial charge in [0.2, 0.25) is 0 Å². The van der Waals surface area contributed by atoms with E-state index in [1.807, 2.05) is 30.3 Å². The van der Waals surface area contributed by atoms with E-state index in [2.05, 4.69) is 33.4 Å². The van der Waals surface area contributed by atoms with Gasteiger partial charge in [0.05, 0.1) is 22.9 Å². The van der Waals surface area contributed by atoms with Crippen molar-refractivity contribution < 1.29 is 0 Å². The third kappa shape index (κ3) is 3.13. The van der Waals surface area contributed by atoms with Crippen molar-refractivity contribution in [2.24, 2.45) is 0 Å². The van der Waals surface area contributed by atoms with E-state index in [1.165, 1.54) is 0 Å². The molecule has 0 saturated carbocycles. The molecule has 1 N–H and O–H groups in total. The van der Waals surface area contributed by atoms with Gasteiger partial charge >= 0.3 is 0 Å². The highest BCUT2D eigenvalue weighted by Gasteiger charge is 2.04. The van der Waals surface area contributed by atoms with E-state index < -0.39 is 0 Å². The summed E-state index contributed by atoms with van der Waals surface area (Å²) in [5.41, 5.74) is 2.89. The maximum Gasteiger partial charge on any atom is 0.101 e. The molecule has 0 atom stereocenters. The molecule has 0 amide bonds. The van der Waals surface area contributed by atoms with E-state index in [0.717, 1.165) is 15.7 Å². The van der Waals surface area contributed by atoms with Gasteiger partial charge < -0.3 is 5.32 Å². The van der Waals surface area contributed by atoms with Crippen molar-refractivity contribution in [2.45, 2.75) is 6.54 Å². The SMILES string of the molecule is N#Cc1ccccc1CNc1ccc(Br)cc1C#N. The molecule has 92 valence electrons. The highest BCUT2D eigenvalue weighted by molar-refractivity contribution is 9.10. The van der Waals surface area contributed by atoms with E-state index in [9.17, 15) is 0 Å². The van der Waals surface area contributed by atoms with E-state index in [0.29, 0.717) is 17.7 Å². The van der Waals surface area contributed by atoms with Gasteiger partial charge in [0.1, 0.15) is 6.07 Å². The molecule has 0 aliphatic carbocycles. The third-order valence-corrected chi connectivity index (χ3v) is 3.20. The Labute approximate surface area is 120 Å². The smallest absolute Gasteiger partial charge is 0.101 e. The van der Waals surface area contributed by atoms with Crippen LogP contribution in [0.3, 0.4) is 0 Å². The fourth-order valence-corrected chi connectivity index (χ4v) is 2.10. The van der Waals surface area contributed by atoms with Crippen molar-refractivity contribution in [3.8, 4) is 12.1 Å². The average molecular weight is 312 g/mol. The lowest BCUT2D eigenvalue weighted by atomic mass is 10.1. The molecular weight excluding hydrogens is 302 g/mol. The van der Waals surface area contributed by atoms with Crippen molar-refractivity contribution in [1.82, 2.24) is 0 Å². The number of nitrogens with zero attached hydrogens (tertiary/aromatic N) is 2. The van der Waals surface area contributed by atoms with Gasteiger partial charge in [-0.1, -0.05) is 34.1 Å². The zero-order chi connectivity index (χ0) is 13.7. The summed E-state index contributed by atoms with van der Waals surface area (Å²) in [5, 5.41) is 21.3. The fourth-order valence-electron chi connectivity index (χ4n) is 1.74. The van der Waals surface area contributed by atoms with Crippen LogP contribution in [0.2, 0.25) is 0 Å². The van der Waals surface area contributed by atoms with Gasteiger partial charge in [-0.05, 0) is 29.8 Å². The van der Waals surface area contributed by atoms with Gasteiger partial charge in [0, 0.05) is 11.0 Å². The summed E-state index contributed by atoms with van der Waals surface area (Å²) >= 11 is 3.33. The number of rotatable bonds is 3. The molecule has 0 fully saturated rings. The molecule has 0 radical (unpaired) electrons. The molecule has 2 aromatic carbocycles. The third-order valence-electron chi connectivity index (χ3n) is 2.71. The van der Waals surface area contributed by atoms with Crippen LogP contribution in [0.1, 0.15) is 16.7 Å². The predicted octanol–water partition coefficient (Wildman–Crippen LogP) is 3.80. The molecule has 2 rings (SSSR count). The fraction of sp³-hybridized carbons (Fsp3) is 0.0667. The van der Waals surface area contributed by atoms with Crippen LogP contribution in [0, 0.1) is 22.7 Å². The molecule has 4 heteroatoms. The normalized spacial score (nSPS) is 9.42. The molecule has 0 aromatic heterocycles. The van der Waals surface area contributed by atoms with Crippen molar-refractivity contribution in [1.29, 1.82) is 10.5 Å². The topological polar surface area (TPSA) is 59.6 Å². The van der Waals surface area contributed by atoms with Crippen LogP contribution in [0.25, 0.3) is 0 Å². The molecular formula is C15H10BrN3. The number of benzene rings is 2. The Morgan fingerprint density at radius 2 is 1.74 bits per heavy atom. The maximum atomic E-state index is 9.08. The van der Waals surface area contributed by atoms with Crippen LogP contribution in [0.4, 0.5) is 5.69 Å². The summed E-state index contributed by atoms with van der Waals surface area (Å²) in [6, 6.07) is 17.2. The van der Waals surface area contributed by atoms with Gasteiger partial charge in [-0.15, -0.1) is 0 Å². The summed E-state index contributed by atoms with van der Waals surface area (Å²) in [4.78, 5) is 0. The number of nitrogens with one attached hydrogen (secondary N) is 1. The number of hydrogen-bond acceptors (Lipinski definition) is 3. The average Bonchev–Trinajstić information content (AvgIpc) is 2.46. The second-order valence-electron chi connectivity index (χ2n) is 3.92. The van der Waals surface area contributed by atoms with E-state index in [-0.39, 0.29) is 0 Å². The lowest BCUT2D eigenvalue weighted by Crippen LogP contribution is -2.03. The summed E-state index contributed by atoms with van der Waals surface area (Å²) in [7, 11) is 0. The van der Waals surface area contributed by atoms with Crippen molar-refractivity contribution >= 4 is 21.6 Å². The summed E-state index contributed by atoms with van der Waals surface area (Å²) < 4.78 is 0.868. The van der Waals surface area contributed by atoms with Gasteiger partial charge in [-0.2, -0.15) is 10.5 Å². The largest absolute Gasteiger partial charge is 0.380 e. The highest BCUT2D eigenvalue weighted by atomic mass is 79.9. The number of halogens is 1. The first kappa shape index (κ1) is 13.1. The van der Waals surface area contributed by atoms with Gasteiger partial charge in [0.25, 0.3) is 0 Å². The van der Waals surface area contributed by atoms with Crippen LogP contribution in [-0.2, 0) is 6.54 Å². The predicted molar refractivity (Wildman–Crippen MR) is 77.3 cm³/mol. The molecule has 0 aliphatic rings. The molecule has 0 heterocycles. The quantitative estimate of drug-likeness (QED) is 0.937. The lowest BCUT2D eigenvalue weighted by Gasteiger charge is -2.09. The number of hydrogen-bond donors (Lipinski definition) is 1. The molecule has 3 nitrogen and oxygen atoms in total. The number of anilines is 1. The minimum absolute atomic E-state index is 0.514. The minimum Gasteiger partial charge on any atom is -0.380 e. The van der Waals surface area contributed by atoms with Crippen LogP contribution in [0.15, 0.2) is 46.9 Å². The molecule has 19 heavy (non-hydrogen) atoms. The van der Waals surface area contributed by atoms with Crippen LogP contribution < -0.4 is 5.32 Å². The second-order valence-corrected chi connectivity index (χ2v) is 4.84. The van der Waals surface area contributed by atoms with E-state index in [1.54, 1.807) is 12.1 Å². The van der Waals surface area contributed by atoms with Crippen molar-refractivity contribution in [2.75, 3.05) is 5.32 Å². The molecule has 0 aliphatic heterocycles. The Morgan fingerprint density at radius 3 is 2.47 bits per heavy atom. The number of nitriles is 2. The lowest BCUT2D eigenvalue weighted by molar-refractivity contribution is 1.13. The zero-order valence-corrected chi connectivity index (χ0v) is 11.6.